The molecule has 2 rings (SSSR count). The SMILES string of the molecule is CCCC1CC1NS(=O)(=O)c1ccc(C)c(CO)c1. The van der Waals surface area contributed by atoms with Gasteiger partial charge in [-0.15, -0.1) is 0 Å². The number of rotatable bonds is 6. The molecule has 0 aromatic heterocycles. The summed E-state index contributed by atoms with van der Waals surface area (Å²) in [6.45, 7) is 3.82. The van der Waals surface area contributed by atoms with E-state index < -0.39 is 10.0 Å². The van der Waals surface area contributed by atoms with Gasteiger partial charge in [0.15, 0.2) is 0 Å². The number of aryl methyl sites for hydroxylation is 1. The van der Waals surface area contributed by atoms with E-state index >= 15 is 0 Å². The van der Waals surface area contributed by atoms with Crippen LogP contribution in [0.5, 0.6) is 0 Å². The Hall–Kier alpha value is -0.910. The highest BCUT2D eigenvalue weighted by Crippen LogP contribution is 2.35. The normalized spacial score (nSPS) is 22.5. The van der Waals surface area contributed by atoms with Gasteiger partial charge in [0.05, 0.1) is 11.5 Å². The second-order valence-corrected chi connectivity index (χ2v) is 6.97. The van der Waals surface area contributed by atoms with Crippen LogP contribution in [0.25, 0.3) is 0 Å². The van der Waals surface area contributed by atoms with Gasteiger partial charge in [0.1, 0.15) is 0 Å². The van der Waals surface area contributed by atoms with Gasteiger partial charge in [0.25, 0.3) is 0 Å². The predicted octanol–water partition coefficient (Wildman–Crippen LogP) is 1.95. The minimum atomic E-state index is -3.46. The van der Waals surface area contributed by atoms with Crippen molar-refractivity contribution >= 4 is 10.0 Å². The van der Waals surface area contributed by atoms with Crippen LogP contribution in [0.3, 0.4) is 0 Å². The molecule has 19 heavy (non-hydrogen) atoms. The maximum atomic E-state index is 12.2. The Morgan fingerprint density at radius 1 is 1.42 bits per heavy atom. The van der Waals surface area contributed by atoms with Crippen LogP contribution in [-0.4, -0.2) is 19.6 Å². The van der Waals surface area contributed by atoms with E-state index in [1.54, 1.807) is 18.2 Å². The van der Waals surface area contributed by atoms with E-state index in [2.05, 4.69) is 11.6 Å². The molecule has 1 fully saturated rings. The quantitative estimate of drug-likeness (QED) is 0.838. The van der Waals surface area contributed by atoms with Crippen LogP contribution in [0, 0.1) is 12.8 Å². The molecule has 0 amide bonds. The molecule has 2 atom stereocenters. The zero-order valence-corrected chi connectivity index (χ0v) is 12.2. The Bertz CT molecular complexity index is 554. The van der Waals surface area contributed by atoms with Crippen molar-refractivity contribution in [1.82, 2.24) is 4.72 Å². The van der Waals surface area contributed by atoms with Gasteiger partial charge in [-0.25, -0.2) is 13.1 Å². The molecule has 0 bridgehead atoms. The van der Waals surface area contributed by atoms with Crippen LogP contribution in [0.1, 0.15) is 37.3 Å². The van der Waals surface area contributed by atoms with E-state index in [4.69, 9.17) is 0 Å². The summed E-state index contributed by atoms with van der Waals surface area (Å²) in [5.41, 5.74) is 1.56. The fourth-order valence-corrected chi connectivity index (χ4v) is 3.70. The fourth-order valence-electron chi connectivity index (χ4n) is 2.33. The summed E-state index contributed by atoms with van der Waals surface area (Å²) >= 11 is 0. The lowest BCUT2D eigenvalue weighted by molar-refractivity contribution is 0.280. The van der Waals surface area contributed by atoms with Gasteiger partial charge in [-0.1, -0.05) is 19.4 Å². The van der Waals surface area contributed by atoms with Gasteiger partial charge in [-0.2, -0.15) is 0 Å². The van der Waals surface area contributed by atoms with E-state index in [-0.39, 0.29) is 17.5 Å². The maximum Gasteiger partial charge on any atom is 0.240 e. The Kier molecular flexibility index (Phi) is 4.28. The smallest absolute Gasteiger partial charge is 0.240 e. The van der Waals surface area contributed by atoms with Crippen LogP contribution in [0.4, 0.5) is 0 Å². The van der Waals surface area contributed by atoms with Gasteiger partial charge in [-0.3, -0.25) is 0 Å². The van der Waals surface area contributed by atoms with E-state index in [0.29, 0.717) is 11.5 Å². The van der Waals surface area contributed by atoms with Crippen molar-refractivity contribution < 1.29 is 13.5 Å². The van der Waals surface area contributed by atoms with Crippen LogP contribution >= 0.6 is 0 Å². The van der Waals surface area contributed by atoms with Crippen LogP contribution in [0.15, 0.2) is 23.1 Å². The van der Waals surface area contributed by atoms with Crippen molar-refractivity contribution in [3.8, 4) is 0 Å². The number of sulfonamides is 1. The molecular weight excluding hydrogens is 262 g/mol. The highest BCUT2D eigenvalue weighted by molar-refractivity contribution is 7.89. The summed E-state index contributed by atoms with van der Waals surface area (Å²) in [7, 11) is -3.46. The maximum absolute atomic E-state index is 12.2. The monoisotopic (exact) mass is 283 g/mol. The summed E-state index contributed by atoms with van der Waals surface area (Å²) in [6, 6.07) is 4.96. The molecule has 1 saturated carbocycles. The molecule has 0 radical (unpaired) electrons. The molecule has 0 spiro atoms. The summed E-state index contributed by atoms with van der Waals surface area (Å²) in [5.74, 6) is 0.488. The molecule has 1 aromatic carbocycles. The van der Waals surface area contributed by atoms with Crippen LogP contribution in [-0.2, 0) is 16.6 Å². The lowest BCUT2D eigenvalue weighted by Crippen LogP contribution is -2.27. The van der Waals surface area contributed by atoms with Crippen LogP contribution in [0.2, 0.25) is 0 Å². The van der Waals surface area contributed by atoms with E-state index in [0.717, 1.165) is 24.8 Å². The Balaban J connectivity index is 2.12. The number of aliphatic hydroxyl groups is 1. The number of benzene rings is 1. The summed E-state index contributed by atoms with van der Waals surface area (Å²) < 4.78 is 27.2. The van der Waals surface area contributed by atoms with Crippen molar-refractivity contribution in [2.75, 3.05) is 0 Å². The highest BCUT2D eigenvalue weighted by Gasteiger charge is 2.39. The average Bonchev–Trinajstić information content (AvgIpc) is 3.07. The van der Waals surface area contributed by atoms with E-state index in [1.165, 1.54) is 0 Å². The number of hydrogen-bond donors (Lipinski definition) is 2. The Morgan fingerprint density at radius 2 is 2.16 bits per heavy atom. The molecule has 1 aliphatic rings. The first kappa shape index (κ1) is 14.5. The Morgan fingerprint density at radius 3 is 2.79 bits per heavy atom. The molecular formula is C14H21NO3S. The largest absolute Gasteiger partial charge is 0.392 e. The summed E-state index contributed by atoms with van der Waals surface area (Å²) in [5, 5.41) is 9.20. The standard InChI is InChI=1S/C14H21NO3S/c1-3-4-11-8-14(11)15-19(17,18)13-6-5-10(2)12(7-13)9-16/h5-7,11,14-16H,3-4,8-9H2,1-2H3. The average molecular weight is 283 g/mol. The topological polar surface area (TPSA) is 66.4 Å². The van der Waals surface area contributed by atoms with Crippen LogP contribution < -0.4 is 4.72 Å². The minimum Gasteiger partial charge on any atom is -0.392 e. The third-order valence-corrected chi connectivity index (χ3v) is 5.18. The van der Waals surface area contributed by atoms with Crippen molar-refractivity contribution in [2.45, 2.75) is 50.7 Å². The summed E-state index contributed by atoms with van der Waals surface area (Å²) in [6.07, 6.45) is 3.09. The minimum absolute atomic E-state index is 0.0869. The third-order valence-electron chi connectivity index (χ3n) is 3.69. The molecule has 5 heteroatoms. The number of nitrogens with one attached hydrogen (secondary N) is 1. The molecule has 0 saturated heterocycles. The van der Waals surface area contributed by atoms with Gasteiger partial charge >= 0.3 is 0 Å². The zero-order chi connectivity index (χ0) is 14.0. The van der Waals surface area contributed by atoms with Crippen molar-refractivity contribution in [2.24, 2.45) is 5.92 Å². The van der Waals surface area contributed by atoms with E-state index in [9.17, 15) is 13.5 Å². The third kappa shape index (κ3) is 3.35. The van der Waals surface area contributed by atoms with Crippen molar-refractivity contribution in [3.63, 3.8) is 0 Å². The van der Waals surface area contributed by atoms with Crippen molar-refractivity contribution in [3.05, 3.63) is 29.3 Å². The zero-order valence-electron chi connectivity index (χ0n) is 11.4. The first-order valence-corrected chi connectivity index (χ1v) is 8.19. The predicted molar refractivity (Wildman–Crippen MR) is 74.2 cm³/mol. The lowest BCUT2D eigenvalue weighted by atomic mass is 10.1. The highest BCUT2D eigenvalue weighted by atomic mass is 32.2. The number of hydrogen-bond acceptors (Lipinski definition) is 3. The molecule has 4 nitrogen and oxygen atoms in total. The van der Waals surface area contributed by atoms with Gasteiger partial charge < -0.3 is 5.11 Å². The molecule has 2 N–H and O–H groups in total. The molecule has 106 valence electrons. The van der Waals surface area contributed by atoms with Gasteiger partial charge in [0.2, 0.25) is 10.0 Å². The second-order valence-electron chi connectivity index (χ2n) is 5.26. The number of aliphatic hydroxyl groups excluding tert-OH is 1. The second kappa shape index (κ2) is 5.61. The molecule has 0 heterocycles. The van der Waals surface area contributed by atoms with Gasteiger partial charge in [-0.05, 0) is 48.9 Å². The van der Waals surface area contributed by atoms with Crippen molar-refractivity contribution in [1.29, 1.82) is 0 Å². The molecule has 1 aromatic rings. The lowest BCUT2D eigenvalue weighted by Gasteiger charge is -2.09. The molecule has 1 aliphatic carbocycles. The first-order chi connectivity index (χ1) is 8.97. The summed E-state index contributed by atoms with van der Waals surface area (Å²) in [4.78, 5) is 0.240. The van der Waals surface area contributed by atoms with E-state index in [1.807, 2.05) is 6.92 Å². The molecule has 0 aliphatic heterocycles. The fraction of sp³-hybridized carbons (Fsp3) is 0.571. The first-order valence-electron chi connectivity index (χ1n) is 6.70. The van der Waals surface area contributed by atoms with Gasteiger partial charge in [0, 0.05) is 6.04 Å². The Labute approximate surface area is 114 Å². The molecule has 2 unspecified atom stereocenters.